The predicted octanol–water partition coefficient (Wildman–Crippen LogP) is 1.39. The SMILES string of the molecule is CNC(=O)c1ccc(NC(=O)CN2CCN(C(=O)OCC(C)C)CC2)cc1. The van der Waals surface area contributed by atoms with E-state index in [0.29, 0.717) is 50.0 Å². The van der Waals surface area contributed by atoms with Crippen molar-refractivity contribution in [2.24, 2.45) is 5.92 Å². The number of nitrogens with one attached hydrogen (secondary N) is 2. The number of hydrogen-bond donors (Lipinski definition) is 2. The predicted molar refractivity (Wildman–Crippen MR) is 103 cm³/mol. The Balaban J connectivity index is 1.74. The Morgan fingerprint density at radius 1 is 1.07 bits per heavy atom. The van der Waals surface area contributed by atoms with E-state index in [-0.39, 0.29) is 24.5 Å². The molecule has 0 spiro atoms. The first-order valence-corrected chi connectivity index (χ1v) is 9.15. The van der Waals surface area contributed by atoms with E-state index in [9.17, 15) is 14.4 Å². The molecule has 1 aromatic carbocycles. The molecule has 1 fully saturated rings. The number of ether oxygens (including phenoxy) is 1. The molecule has 0 unspecified atom stereocenters. The lowest BCUT2D eigenvalue weighted by molar-refractivity contribution is -0.117. The van der Waals surface area contributed by atoms with E-state index < -0.39 is 0 Å². The van der Waals surface area contributed by atoms with Crippen LogP contribution in [0.25, 0.3) is 0 Å². The smallest absolute Gasteiger partial charge is 0.409 e. The second-order valence-electron chi connectivity index (χ2n) is 6.94. The largest absolute Gasteiger partial charge is 0.449 e. The van der Waals surface area contributed by atoms with Crippen LogP contribution in [0.4, 0.5) is 10.5 Å². The van der Waals surface area contributed by atoms with Gasteiger partial charge in [-0.05, 0) is 30.2 Å². The zero-order valence-electron chi connectivity index (χ0n) is 16.2. The summed E-state index contributed by atoms with van der Waals surface area (Å²) >= 11 is 0. The lowest BCUT2D eigenvalue weighted by Gasteiger charge is -2.33. The highest BCUT2D eigenvalue weighted by atomic mass is 16.6. The van der Waals surface area contributed by atoms with Crippen LogP contribution in [-0.4, -0.2) is 74.1 Å². The van der Waals surface area contributed by atoms with Crippen LogP contribution < -0.4 is 10.6 Å². The fourth-order valence-electron chi connectivity index (χ4n) is 2.67. The van der Waals surface area contributed by atoms with Gasteiger partial charge >= 0.3 is 6.09 Å². The molecule has 27 heavy (non-hydrogen) atoms. The van der Waals surface area contributed by atoms with Gasteiger partial charge in [-0.1, -0.05) is 13.8 Å². The summed E-state index contributed by atoms with van der Waals surface area (Å²) in [7, 11) is 1.57. The molecule has 0 aliphatic carbocycles. The molecule has 1 aliphatic rings. The van der Waals surface area contributed by atoms with Gasteiger partial charge in [0.1, 0.15) is 0 Å². The summed E-state index contributed by atoms with van der Waals surface area (Å²) in [5, 5.41) is 5.37. The van der Waals surface area contributed by atoms with Crippen molar-refractivity contribution in [2.45, 2.75) is 13.8 Å². The second-order valence-corrected chi connectivity index (χ2v) is 6.94. The van der Waals surface area contributed by atoms with Gasteiger partial charge in [-0.25, -0.2) is 4.79 Å². The molecule has 8 nitrogen and oxygen atoms in total. The number of piperazine rings is 1. The van der Waals surface area contributed by atoms with E-state index in [2.05, 4.69) is 10.6 Å². The number of benzene rings is 1. The maximum Gasteiger partial charge on any atom is 0.409 e. The summed E-state index contributed by atoms with van der Waals surface area (Å²) in [6, 6.07) is 6.72. The van der Waals surface area contributed by atoms with Crippen molar-refractivity contribution in [3.05, 3.63) is 29.8 Å². The number of hydrogen-bond acceptors (Lipinski definition) is 5. The molecule has 0 radical (unpaired) electrons. The van der Waals surface area contributed by atoms with E-state index in [0.717, 1.165) is 0 Å². The first kappa shape index (κ1) is 20.7. The van der Waals surface area contributed by atoms with E-state index in [4.69, 9.17) is 4.74 Å². The fourth-order valence-corrected chi connectivity index (χ4v) is 2.67. The van der Waals surface area contributed by atoms with Crippen molar-refractivity contribution in [3.8, 4) is 0 Å². The zero-order chi connectivity index (χ0) is 19.8. The summed E-state index contributed by atoms with van der Waals surface area (Å²) in [4.78, 5) is 39.4. The summed E-state index contributed by atoms with van der Waals surface area (Å²) in [6.07, 6.45) is -0.288. The molecule has 0 aromatic heterocycles. The molecule has 2 N–H and O–H groups in total. The zero-order valence-corrected chi connectivity index (χ0v) is 16.2. The molecule has 2 rings (SSSR count). The first-order valence-electron chi connectivity index (χ1n) is 9.15. The molecule has 8 heteroatoms. The highest BCUT2D eigenvalue weighted by Crippen LogP contribution is 2.10. The van der Waals surface area contributed by atoms with Crippen LogP contribution in [0.3, 0.4) is 0 Å². The molecule has 3 amide bonds. The van der Waals surface area contributed by atoms with Gasteiger partial charge in [0, 0.05) is 44.5 Å². The van der Waals surface area contributed by atoms with Gasteiger partial charge in [-0.15, -0.1) is 0 Å². The Kier molecular flexibility index (Phi) is 7.60. The van der Waals surface area contributed by atoms with Crippen molar-refractivity contribution in [2.75, 3.05) is 51.7 Å². The van der Waals surface area contributed by atoms with Crippen LogP contribution in [0.2, 0.25) is 0 Å². The van der Waals surface area contributed by atoms with Gasteiger partial charge in [0.2, 0.25) is 5.91 Å². The summed E-state index contributed by atoms with van der Waals surface area (Å²) in [5.74, 6) is 0.0144. The van der Waals surface area contributed by atoms with Crippen molar-refractivity contribution in [3.63, 3.8) is 0 Å². The number of carbonyl (C=O) groups is 3. The molecule has 1 aliphatic heterocycles. The van der Waals surface area contributed by atoms with Crippen molar-refractivity contribution < 1.29 is 19.1 Å². The van der Waals surface area contributed by atoms with Crippen LogP contribution in [0, 0.1) is 5.92 Å². The number of rotatable bonds is 6. The summed E-state index contributed by atoms with van der Waals surface area (Å²) in [6.45, 7) is 7.01. The van der Waals surface area contributed by atoms with Crippen LogP contribution >= 0.6 is 0 Å². The van der Waals surface area contributed by atoms with Gasteiger partial charge in [0.15, 0.2) is 0 Å². The fraction of sp³-hybridized carbons (Fsp3) is 0.526. The molecule has 0 atom stereocenters. The van der Waals surface area contributed by atoms with Gasteiger partial charge in [-0.2, -0.15) is 0 Å². The Morgan fingerprint density at radius 3 is 2.26 bits per heavy atom. The monoisotopic (exact) mass is 376 g/mol. The highest BCUT2D eigenvalue weighted by molar-refractivity contribution is 5.96. The minimum atomic E-state index is -0.288. The van der Waals surface area contributed by atoms with Crippen LogP contribution in [0.1, 0.15) is 24.2 Å². The van der Waals surface area contributed by atoms with Crippen molar-refractivity contribution in [1.29, 1.82) is 0 Å². The maximum absolute atomic E-state index is 12.2. The molecular weight excluding hydrogens is 348 g/mol. The number of carbonyl (C=O) groups excluding carboxylic acids is 3. The van der Waals surface area contributed by atoms with Crippen LogP contribution in [0.5, 0.6) is 0 Å². The Bertz CT molecular complexity index is 652. The molecular formula is C19H28N4O4. The Hall–Kier alpha value is -2.61. The normalized spacial score (nSPS) is 14.7. The van der Waals surface area contributed by atoms with E-state index >= 15 is 0 Å². The topological polar surface area (TPSA) is 91.0 Å². The van der Waals surface area contributed by atoms with Crippen molar-refractivity contribution in [1.82, 2.24) is 15.1 Å². The molecule has 1 aromatic rings. The first-order chi connectivity index (χ1) is 12.9. The van der Waals surface area contributed by atoms with Crippen LogP contribution in [0.15, 0.2) is 24.3 Å². The number of amides is 3. The van der Waals surface area contributed by atoms with E-state index in [1.165, 1.54) is 0 Å². The van der Waals surface area contributed by atoms with E-state index in [1.54, 1.807) is 36.2 Å². The summed E-state index contributed by atoms with van der Waals surface area (Å²) < 4.78 is 5.23. The molecule has 148 valence electrons. The minimum Gasteiger partial charge on any atom is -0.449 e. The number of anilines is 1. The third kappa shape index (κ3) is 6.56. The van der Waals surface area contributed by atoms with Gasteiger partial charge in [-0.3, -0.25) is 14.5 Å². The molecule has 1 heterocycles. The van der Waals surface area contributed by atoms with Gasteiger partial charge < -0.3 is 20.3 Å². The van der Waals surface area contributed by atoms with Crippen molar-refractivity contribution >= 4 is 23.6 Å². The van der Waals surface area contributed by atoms with Gasteiger partial charge in [0.25, 0.3) is 5.91 Å². The average Bonchev–Trinajstić information content (AvgIpc) is 2.66. The van der Waals surface area contributed by atoms with Crippen LogP contribution in [-0.2, 0) is 9.53 Å². The lowest BCUT2D eigenvalue weighted by atomic mass is 10.2. The second kappa shape index (κ2) is 9.91. The molecule has 0 bridgehead atoms. The quantitative estimate of drug-likeness (QED) is 0.783. The summed E-state index contributed by atoms with van der Waals surface area (Å²) in [5.41, 5.74) is 1.18. The highest BCUT2D eigenvalue weighted by Gasteiger charge is 2.23. The molecule has 0 saturated carbocycles. The third-order valence-corrected chi connectivity index (χ3v) is 4.20. The lowest BCUT2D eigenvalue weighted by Crippen LogP contribution is -2.50. The Labute approximate surface area is 159 Å². The van der Waals surface area contributed by atoms with E-state index in [1.807, 2.05) is 18.7 Å². The standard InChI is InChI=1S/C19H28N4O4/c1-14(2)13-27-19(26)23-10-8-22(9-11-23)12-17(24)21-16-6-4-15(5-7-16)18(25)20-3/h4-7,14H,8-13H2,1-3H3,(H,20,25)(H,21,24). The average molecular weight is 376 g/mol. The number of nitrogens with zero attached hydrogens (tertiary/aromatic N) is 2. The maximum atomic E-state index is 12.2. The molecule has 1 saturated heterocycles. The third-order valence-electron chi connectivity index (χ3n) is 4.20. The Morgan fingerprint density at radius 2 is 1.70 bits per heavy atom. The minimum absolute atomic E-state index is 0.126. The van der Waals surface area contributed by atoms with Gasteiger partial charge in [0.05, 0.1) is 13.2 Å².